The predicted octanol–water partition coefficient (Wildman–Crippen LogP) is 2.77. The van der Waals surface area contributed by atoms with Gasteiger partial charge in [-0.25, -0.2) is 0 Å². The zero-order valence-corrected chi connectivity index (χ0v) is 12.9. The van der Waals surface area contributed by atoms with E-state index in [1.54, 1.807) is 11.3 Å². The smallest absolute Gasteiger partial charge is 0.227 e. The minimum Gasteiger partial charge on any atom is -0.341 e. The van der Waals surface area contributed by atoms with Crippen molar-refractivity contribution < 1.29 is 4.79 Å². The molecule has 2 heterocycles. The summed E-state index contributed by atoms with van der Waals surface area (Å²) < 4.78 is 0. The van der Waals surface area contributed by atoms with Gasteiger partial charge in [0, 0.05) is 32.2 Å². The Morgan fingerprint density at radius 3 is 2.75 bits per heavy atom. The molecule has 0 atom stereocenters. The van der Waals surface area contributed by atoms with E-state index in [1.807, 2.05) is 5.38 Å². The highest BCUT2D eigenvalue weighted by Crippen LogP contribution is 2.24. The third-order valence-corrected chi connectivity index (χ3v) is 5.39. The molecule has 1 aliphatic heterocycles. The van der Waals surface area contributed by atoms with Crippen molar-refractivity contribution in [3.63, 3.8) is 0 Å². The summed E-state index contributed by atoms with van der Waals surface area (Å²) in [4.78, 5) is 17.1. The van der Waals surface area contributed by atoms with E-state index in [4.69, 9.17) is 0 Å². The molecule has 0 aromatic carbocycles. The SMILES string of the molecule is O=C(Cc1ccsc1)N1CCCN(C2CCCC2)CC1. The Balaban J connectivity index is 1.52. The number of hydrogen-bond acceptors (Lipinski definition) is 3. The number of thiophene rings is 1. The van der Waals surface area contributed by atoms with E-state index in [-0.39, 0.29) is 0 Å². The quantitative estimate of drug-likeness (QED) is 0.855. The minimum atomic E-state index is 0.302. The van der Waals surface area contributed by atoms with Gasteiger partial charge in [0.1, 0.15) is 0 Å². The topological polar surface area (TPSA) is 23.6 Å². The van der Waals surface area contributed by atoms with Gasteiger partial charge in [0.25, 0.3) is 0 Å². The van der Waals surface area contributed by atoms with Crippen molar-refractivity contribution in [2.45, 2.75) is 44.6 Å². The van der Waals surface area contributed by atoms with Crippen molar-refractivity contribution >= 4 is 17.2 Å². The fraction of sp³-hybridized carbons (Fsp3) is 0.688. The van der Waals surface area contributed by atoms with E-state index in [0.29, 0.717) is 12.3 Å². The first-order valence-electron chi connectivity index (χ1n) is 7.86. The molecule has 2 aliphatic rings. The Bertz CT molecular complexity index is 426. The fourth-order valence-electron chi connectivity index (χ4n) is 3.50. The molecule has 3 nitrogen and oxygen atoms in total. The molecule has 110 valence electrons. The normalized spacial score (nSPS) is 22.1. The number of carbonyl (C=O) groups excluding carboxylic acids is 1. The Morgan fingerprint density at radius 1 is 1.15 bits per heavy atom. The van der Waals surface area contributed by atoms with Gasteiger partial charge in [-0.1, -0.05) is 12.8 Å². The van der Waals surface area contributed by atoms with Gasteiger partial charge in [0.2, 0.25) is 5.91 Å². The van der Waals surface area contributed by atoms with Crippen LogP contribution in [-0.2, 0) is 11.2 Å². The van der Waals surface area contributed by atoms with Crippen LogP contribution in [0.25, 0.3) is 0 Å². The van der Waals surface area contributed by atoms with Crippen LogP contribution in [0.15, 0.2) is 16.8 Å². The highest BCUT2D eigenvalue weighted by atomic mass is 32.1. The number of hydrogen-bond donors (Lipinski definition) is 0. The summed E-state index contributed by atoms with van der Waals surface area (Å²) in [7, 11) is 0. The summed E-state index contributed by atoms with van der Waals surface area (Å²) in [6.07, 6.45) is 7.22. The molecule has 0 unspecified atom stereocenters. The Labute approximate surface area is 125 Å². The first-order valence-corrected chi connectivity index (χ1v) is 8.80. The average Bonchev–Trinajstić information content (AvgIpc) is 3.09. The fourth-order valence-corrected chi connectivity index (χ4v) is 4.17. The number of carbonyl (C=O) groups is 1. The lowest BCUT2D eigenvalue weighted by molar-refractivity contribution is -0.130. The van der Waals surface area contributed by atoms with Gasteiger partial charge in [-0.05, 0) is 41.7 Å². The molecule has 0 spiro atoms. The summed E-state index contributed by atoms with van der Waals surface area (Å²) in [6.45, 7) is 4.10. The van der Waals surface area contributed by atoms with Crippen LogP contribution in [0.4, 0.5) is 0 Å². The molecular formula is C16H24N2OS. The highest BCUT2D eigenvalue weighted by Gasteiger charge is 2.26. The highest BCUT2D eigenvalue weighted by molar-refractivity contribution is 7.07. The summed E-state index contributed by atoms with van der Waals surface area (Å²) in [5.74, 6) is 0.302. The maximum absolute atomic E-state index is 12.4. The van der Waals surface area contributed by atoms with Gasteiger partial charge in [0.15, 0.2) is 0 Å². The van der Waals surface area contributed by atoms with E-state index in [9.17, 15) is 4.79 Å². The third kappa shape index (κ3) is 3.41. The van der Waals surface area contributed by atoms with E-state index < -0.39 is 0 Å². The summed E-state index contributed by atoms with van der Waals surface area (Å²) in [5.41, 5.74) is 1.16. The lowest BCUT2D eigenvalue weighted by Crippen LogP contribution is -2.38. The Hall–Kier alpha value is -0.870. The van der Waals surface area contributed by atoms with Crippen molar-refractivity contribution in [2.24, 2.45) is 0 Å². The van der Waals surface area contributed by atoms with Gasteiger partial charge in [0.05, 0.1) is 6.42 Å². The van der Waals surface area contributed by atoms with Crippen molar-refractivity contribution in [3.05, 3.63) is 22.4 Å². The molecule has 4 heteroatoms. The molecule has 0 radical (unpaired) electrons. The second-order valence-corrected chi connectivity index (χ2v) is 6.80. The average molecular weight is 292 g/mol. The van der Waals surface area contributed by atoms with E-state index >= 15 is 0 Å². The minimum absolute atomic E-state index is 0.302. The molecule has 0 bridgehead atoms. The second-order valence-electron chi connectivity index (χ2n) is 6.02. The molecule has 2 fully saturated rings. The monoisotopic (exact) mass is 292 g/mol. The molecule has 20 heavy (non-hydrogen) atoms. The van der Waals surface area contributed by atoms with Crippen molar-refractivity contribution in [2.75, 3.05) is 26.2 Å². The van der Waals surface area contributed by atoms with Crippen LogP contribution < -0.4 is 0 Å². The van der Waals surface area contributed by atoms with Crippen molar-refractivity contribution in [1.29, 1.82) is 0 Å². The van der Waals surface area contributed by atoms with Gasteiger partial charge in [-0.3, -0.25) is 9.69 Å². The number of amides is 1. The van der Waals surface area contributed by atoms with Crippen LogP contribution in [0, 0.1) is 0 Å². The van der Waals surface area contributed by atoms with Crippen LogP contribution in [0.3, 0.4) is 0 Å². The third-order valence-electron chi connectivity index (χ3n) is 4.66. The van der Waals surface area contributed by atoms with Crippen molar-refractivity contribution in [1.82, 2.24) is 9.80 Å². The standard InChI is InChI=1S/C16H24N2OS/c19-16(12-14-6-11-20-13-14)18-8-3-7-17(9-10-18)15-4-1-2-5-15/h6,11,13,15H,1-5,7-10,12H2. The Kier molecular flexibility index (Phi) is 4.73. The molecule has 1 saturated carbocycles. The predicted molar refractivity (Wildman–Crippen MR) is 83.0 cm³/mol. The van der Waals surface area contributed by atoms with Crippen LogP contribution in [0.1, 0.15) is 37.7 Å². The summed E-state index contributed by atoms with van der Waals surface area (Å²) in [5, 5.41) is 4.13. The largest absolute Gasteiger partial charge is 0.341 e. The Morgan fingerprint density at radius 2 is 2.00 bits per heavy atom. The summed E-state index contributed by atoms with van der Waals surface area (Å²) in [6, 6.07) is 2.85. The van der Waals surface area contributed by atoms with E-state index in [0.717, 1.165) is 37.7 Å². The second kappa shape index (κ2) is 6.72. The molecule has 1 amide bonds. The van der Waals surface area contributed by atoms with Gasteiger partial charge < -0.3 is 4.90 Å². The van der Waals surface area contributed by atoms with Crippen LogP contribution in [0.2, 0.25) is 0 Å². The molecule has 3 rings (SSSR count). The number of rotatable bonds is 3. The van der Waals surface area contributed by atoms with Crippen molar-refractivity contribution in [3.8, 4) is 0 Å². The molecule has 1 aromatic heterocycles. The lowest BCUT2D eigenvalue weighted by Gasteiger charge is -2.27. The van der Waals surface area contributed by atoms with Crippen LogP contribution in [-0.4, -0.2) is 47.9 Å². The van der Waals surface area contributed by atoms with Gasteiger partial charge in [-0.2, -0.15) is 11.3 Å². The first kappa shape index (κ1) is 14.1. The maximum Gasteiger partial charge on any atom is 0.227 e. The zero-order chi connectivity index (χ0) is 13.8. The summed E-state index contributed by atoms with van der Waals surface area (Å²) >= 11 is 1.67. The maximum atomic E-state index is 12.4. The molecule has 0 N–H and O–H groups in total. The van der Waals surface area contributed by atoms with Gasteiger partial charge in [-0.15, -0.1) is 0 Å². The molecule has 1 saturated heterocycles. The molecule has 1 aromatic rings. The first-order chi connectivity index (χ1) is 9.83. The van der Waals surface area contributed by atoms with Gasteiger partial charge >= 0.3 is 0 Å². The zero-order valence-electron chi connectivity index (χ0n) is 12.1. The van der Waals surface area contributed by atoms with Crippen LogP contribution >= 0.6 is 11.3 Å². The number of nitrogens with zero attached hydrogens (tertiary/aromatic N) is 2. The van der Waals surface area contributed by atoms with E-state index in [1.165, 1.54) is 32.2 Å². The lowest BCUT2D eigenvalue weighted by atomic mass is 10.2. The molecular weight excluding hydrogens is 268 g/mol. The van der Waals surface area contributed by atoms with E-state index in [2.05, 4.69) is 21.2 Å². The van der Waals surface area contributed by atoms with Crippen LogP contribution in [0.5, 0.6) is 0 Å². The molecule has 1 aliphatic carbocycles.